The molecular formula is C22H27N5O3. The molecule has 8 nitrogen and oxygen atoms in total. The third kappa shape index (κ3) is 4.44. The fourth-order valence-electron chi connectivity index (χ4n) is 3.74. The molecule has 1 aromatic carbocycles. The van der Waals surface area contributed by atoms with Crippen molar-refractivity contribution in [2.75, 3.05) is 51.3 Å². The first kappa shape index (κ1) is 20.3. The zero-order valence-corrected chi connectivity index (χ0v) is 17.4. The molecule has 2 aromatic heterocycles. The van der Waals surface area contributed by atoms with Gasteiger partial charge in [0.2, 0.25) is 5.71 Å². The van der Waals surface area contributed by atoms with Gasteiger partial charge < -0.3 is 24.3 Å². The summed E-state index contributed by atoms with van der Waals surface area (Å²) < 4.78 is 11.2. The van der Waals surface area contributed by atoms with Gasteiger partial charge in [-0.2, -0.15) is 0 Å². The Bertz CT molecular complexity index is 999. The summed E-state index contributed by atoms with van der Waals surface area (Å²) in [6.45, 7) is 6.62. The topological polar surface area (TPSA) is 83.7 Å². The second kappa shape index (κ2) is 9.23. The van der Waals surface area contributed by atoms with Crippen molar-refractivity contribution in [3.63, 3.8) is 0 Å². The molecule has 1 aliphatic rings. The molecule has 1 amide bonds. The molecule has 0 spiro atoms. The Morgan fingerprint density at radius 1 is 1.20 bits per heavy atom. The van der Waals surface area contributed by atoms with Crippen molar-refractivity contribution in [2.24, 2.45) is 0 Å². The van der Waals surface area contributed by atoms with Gasteiger partial charge in [0.05, 0.1) is 24.2 Å². The minimum Gasteiger partial charge on any atom is -0.442 e. The molecule has 4 rings (SSSR count). The summed E-state index contributed by atoms with van der Waals surface area (Å²) >= 11 is 0. The van der Waals surface area contributed by atoms with Gasteiger partial charge in [0.15, 0.2) is 0 Å². The van der Waals surface area contributed by atoms with Crippen LogP contribution in [0.2, 0.25) is 0 Å². The predicted octanol–water partition coefficient (Wildman–Crippen LogP) is 2.23. The summed E-state index contributed by atoms with van der Waals surface area (Å²) in [6.07, 6.45) is 1.48. The van der Waals surface area contributed by atoms with Crippen LogP contribution in [0.5, 0.6) is 0 Å². The van der Waals surface area contributed by atoms with Crippen molar-refractivity contribution >= 4 is 22.8 Å². The second-order valence-electron chi connectivity index (χ2n) is 7.49. The maximum absolute atomic E-state index is 13.0. The Morgan fingerprint density at radius 3 is 2.73 bits per heavy atom. The highest BCUT2D eigenvalue weighted by Gasteiger charge is 2.25. The van der Waals surface area contributed by atoms with Crippen LogP contribution >= 0.6 is 0 Å². The summed E-state index contributed by atoms with van der Waals surface area (Å²) in [7, 11) is 2.04. The SMILES string of the molecule is Cc1oc2ncnc(N3CCOCC3)c2c1C(=O)NCCN(C)Cc1ccccc1. The third-order valence-electron chi connectivity index (χ3n) is 5.26. The minimum absolute atomic E-state index is 0.163. The summed E-state index contributed by atoms with van der Waals surface area (Å²) in [4.78, 5) is 26.0. The number of furan rings is 1. The Balaban J connectivity index is 1.45. The van der Waals surface area contributed by atoms with Crippen molar-refractivity contribution in [2.45, 2.75) is 13.5 Å². The molecule has 1 aliphatic heterocycles. The van der Waals surface area contributed by atoms with Gasteiger partial charge in [-0.15, -0.1) is 0 Å². The number of rotatable bonds is 7. The average molecular weight is 409 g/mol. The first-order valence-electron chi connectivity index (χ1n) is 10.2. The highest BCUT2D eigenvalue weighted by molar-refractivity contribution is 6.10. The number of aromatic nitrogens is 2. The lowest BCUT2D eigenvalue weighted by molar-refractivity contribution is 0.0949. The van der Waals surface area contributed by atoms with E-state index in [1.807, 2.05) is 25.2 Å². The largest absolute Gasteiger partial charge is 0.442 e. The normalized spacial score (nSPS) is 14.4. The molecule has 1 N–H and O–H groups in total. The molecule has 0 saturated carbocycles. The van der Waals surface area contributed by atoms with Crippen LogP contribution < -0.4 is 10.2 Å². The van der Waals surface area contributed by atoms with E-state index in [0.717, 1.165) is 32.0 Å². The highest BCUT2D eigenvalue weighted by atomic mass is 16.5. The van der Waals surface area contributed by atoms with E-state index in [-0.39, 0.29) is 5.91 Å². The van der Waals surface area contributed by atoms with Crippen LogP contribution in [0, 0.1) is 6.92 Å². The van der Waals surface area contributed by atoms with E-state index in [1.54, 1.807) is 6.92 Å². The molecule has 3 aromatic rings. The molecule has 158 valence electrons. The fourth-order valence-corrected chi connectivity index (χ4v) is 3.74. The standard InChI is InChI=1S/C22H27N5O3/c1-16-18(21(28)23-8-9-26(2)14-17-6-4-3-5-7-17)19-20(24-15-25-22(19)30-16)27-10-12-29-13-11-27/h3-7,15H,8-14H2,1-2H3,(H,23,28). The average Bonchev–Trinajstić information content (AvgIpc) is 3.11. The van der Waals surface area contributed by atoms with Gasteiger partial charge in [-0.05, 0) is 19.5 Å². The van der Waals surface area contributed by atoms with E-state index in [0.29, 0.717) is 42.2 Å². The molecule has 1 saturated heterocycles. The Labute approximate surface area is 175 Å². The van der Waals surface area contributed by atoms with Crippen LogP contribution in [0.3, 0.4) is 0 Å². The first-order chi connectivity index (χ1) is 14.6. The van der Waals surface area contributed by atoms with Crippen LogP contribution in [0.4, 0.5) is 5.82 Å². The lowest BCUT2D eigenvalue weighted by Crippen LogP contribution is -2.37. The number of amides is 1. The second-order valence-corrected chi connectivity index (χ2v) is 7.49. The maximum atomic E-state index is 13.0. The lowest BCUT2D eigenvalue weighted by Gasteiger charge is -2.28. The van der Waals surface area contributed by atoms with Gasteiger partial charge >= 0.3 is 0 Å². The summed E-state index contributed by atoms with van der Waals surface area (Å²) in [6, 6.07) is 10.3. The number of benzene rings is 1. The Morgan fingerprint density at radius 2 is 1.97 bits per heavy atom. The van der Waals surface area contributed by atoms with Gasteiger partial charge in [0, 0.05) is 32.7 Å². The van der Waals surface area contributed by atoms with Gasteiger partial charge in [-0.25, -0.2) is 9.97 Å². The van der Waals surface area contributed by atoms with Crippen LogP contribution in [0.1, 0.15) is 21.7 Å². The number of hydrogen-bond acceptors (Lipinski definition) is 7. The quantitative estimate of drug-likeness (QED) is 0.641. The molecule has 0 aliphatic carbocycles. The van der Waals surface area contributed by atoms with Crippen LogP contribution in [-0.4, -0.2) is 67.2 Å². The number of fused-ring (bicyclic) bond motifs is 1. The van der Waals surface area contributed by atoms with E-state index in [4.69, 9.17) is 9.15 Å². The smallest absolute Gasteiger partial charge is 0.255 e. The van der Waals surface area contributed by atoms with E-state index in [1.165, 1.54) is 11.9 Å². The fraction of sp³-hybridized carbons (Fsp3) is 0.409. The molecule has 0 bridgehead atoms. The van der Waals surface area contributed by atoms with Gasteiger partial charge in [0.25, 0.3) is 5.91 Å². The third-order valence-corrected chi connectivity index (χ3v) is 5.26. The van der Waals surface area contributed by atoms with E-state index in [9.17, 15) is 4.79 Å². The number of morpholine rings is 1. The van der Waals surface area contributed by atoms with E-state index < -0.39 is 0 Å². The van der Waals surface area contributed by atoms with E-state index in [2.05, 4.69) is 37.2 Å². The summed E-state index contributed by atoms with van der Waals surface area (Å²) in [5.74, 6) is 1.12. The summed E-state index contributed by atoms with van der Waals surface area (Å²) in [5, 5.41) is 3.70. The maximum Gasteiger partial charge on any atom is 0.255 e. The van der Waals surface area contributed by atoms with Gasteiger partial charge in [0.1, 0.15) is 17.9 Å². The molecule has 3 heterocycles. The van der Waals surface area contributed by atoms with Gasteiger partial charge in [-0.1, -0.05) is 30.3 Å². The van der Waals surface area contributed by atoms with Gasteiger partial charge in [-0.3, -0.25) is 4.79 Å². The number of nitrogens with one attached hydrogen (secondary N) is 1. The number of carbonyl (C=O) groups is 1. The van der Waals surface area contributed by atoms with Crippen molar-refractivity contribution < 1.29 is 13.9 Å². The van der Waals surface area contributed by atoms with Crippen LogP contribution in [0.25, 0.3) is 11.1 Å². The molecule has 30 heavy (non-hydrogen) atoms. The number of aryl methyl sites for hydroxylation is 1. The molecule has 0 unspecified atom stereocenters. The zero-order valence-electron chi connectivity index (χ0n) is 17.4. The number of ether oxygens (including phenoxy) is 1. The first-order valence-corrected chi connectivity index (χ1v) is 10.2. The van der Waals surface area contributed by atoms with Crippen molar-refractivity contribution in [3.8, 4) is 0 Å². The highest BCUT2D eigenvalue weighted by Crippen LogP contribution is 2.31. The molecular weight excluding hydrogens is 382 g/mol. The number of carbonyl (C=O) groups excluding carboxylic acids is 1. The monoisotopic (exact) mass is 409 g/mol. The molecule has 0 radical (unpaired) electrons. The van der Waals surface area contributed by atoms with Crippen molar-refractivity contribution in [1.29, 1.82) is 0 Å². The number of likely N-dealkylation sites (N-methyl/N-ethyl adjacent to an activating group) is 1. The molecule has 0 atom stereocenters. The predicted molar refractivity (Wildman–Crippen MR) is 115 cm³/mol. The Hall–Kier alpha value is -2.97. The zero-order chi connectivity index (χ0) is 20.9. The van der Waals surface area contributed by atoms with Crippen LogP contribution in [-0.2, 0) is 11.3 Å². The molecule has 8 heteroatoms. The van der Waals surface area contributed by atoms with E-state index >= 15 is 0 Å². The number of anilines is 1. The van der Waals surface area contributed by atoms with Crippen molar-refractivity contribution in [1.82, 2.24) is 20.2 Å². The lowest BCUT2D eigenvalue weighted by atomic mass is 10.1. The number of hydrogen-bond donors (Lipinski definition) is 1. The minimum atomic E-state index is -0.163. The van der Waals surface area contributed by atoms with Crippen LogP contribution in [0.15, 0.2) is 41.1 Å². The van der Waals surface area contributed by atoms with Crippen molar-refractivity contribution in [3.05, 3.63) is 53.5 Å². The molecule has 1 fully saturated rings. The number of nitrogens with zero attached hydrogens (tertiary/aromatic N) is 4. The Kier molecular flexibility index (Phi) is 6.25. The summed E-state index contributed by atoms with van der Waals surface area (Å²) in [5.41, 5.74) is 2.20.